The fraction of sp³-hybridized carbons (Fsp3) is 1.00. The highest BCUT2D eigenvalue weighted by atomic mass is 16.5. The van der Waals surface area contributed by atoms with Crippen LogP contribution in [0.15, 0.2) is 0 Å². The van der Waals surface area contributed by atoms with E-state index in [2.05, 4.69) is 26.1 Å². The van der Waals surface area contributed by atoms with Crippen molar-refractivity contribution in [2.75, 3.05) is 26.3 Å². The molecule has 0 aliphatic heterocycles. The molecular weight excluding hydrogens is 174 g/mol. The minimum atomic E-state index is 0.739. The van der Waals surface area contributed by atoms with Gasteiger partial charge in [0.1, 0.15) is 0 Å². The molecule has 0 aromatic heterocycles. The summed E-state index contributed by atoms with van der Waals surface area (Å²) in [5, 5.41) is 3.43. The van der Waals surface area contributed by atoms with Crippen LogP contribution in [0.2, 0.25) is 0 Å². The second-order valence-corrected chi connectivity index (χ2v) is 4.06. The summed E-state index contributed by atoms with van der Waals surface area (Å²) in [7, 11) is 0. The summed E-state index contributed by atoms with van der Waals surface area (Å²) in [4.78, 5) is 0. The van der Waals surface area contributed by atoms with Crippen molar-refractivity contribution in [2.24, 2.45) is 5.92 Å². The van der Waals surface area contributed by atoms with Crippen molar-refractivity contribution in [1.82, 2.24) is 5.32 Å². The van der Waals surface area contributed by atoms with Gasteiger partial charge in [0, 0.05) is 13.2 Å². The Morgan fingerprint density at radius 2 is 1.93 bits per heavy atom. The van der Waals surface area contributed by atoms with E-state index in [0.717, 1.165) is 32.2 Å². The van der Waals surface area contributed by atoms with Gasteiger partial charge in [0.25, 0.3) is 0 Å². The molecule has 0 saturated carbocycles. The Morgan fingerprint density at radius 1 is 1.14 bits per heavy atom. The van der Waals surface area contributed by atoms with E-state index in [0.29, 0.717) is 0 Å². The van der Waals surface area contributed by atoms with Crippen molar-refractivity contribution in [1.29, 1.82) is 0 Å². The summed E-state index contributed by atoms with van der Waals surface area (Å²) in [6.45, 7) is 10.8. The number of hydrogen-bond donors (Lipinski definition) is 1. The SMILES string of the molecule is CCCCOCCC(C)CNCCC. The van der Waals surface area contributed by atoms with Crippen molar-refractivity contribution in [3.8, 4) is 0 Å². The van der Waals surface area contributed by atoms with E-state index in [-0.39, 0.29) is 0 Å². The first kappa shape index (κ1) is 13.9. The van der Waals surface area contributed by atoms with Gasteiger partial charge in [-0.25, -0.2) is 0 Å². The van der Waals surface area contributed by atoms with Crippen molar-refractivity contribution in [3.05, 3.63) is 0 Å². The molecule has 0 bridgehead atoms. The minimum Gasteiger partial charge on any atom is -0.381 e. The zero-order valence-corrected chi connectivity index (χ0v) is 10.1. The molecule has 1 atom stereocenters. The maximum absolute atomic E-state index is 5.52. The lowest BCUT2D eigenvalue weighted by atomic mass is 10.1. The van der Waals surface area contributed by atoms with Crippen LogP contribution in [0.1, 0.15) is 46.5 Å². The van der Waals surface area contributed by atoms with Crippen molar-refractivity contribution in [3.63, 3.8) is 0 Å². The Kier molecular flexibility index (Phi) is 10.9. The first-order valence-electron chi connectivity index (χ1n) is 6.09. The Hall–Kier alpha value is -0.0800. The van der Waals surface area contributed by atoms with Crippen molar-refractivity contribution >= 4 is 0 Å². The summed E-state index contributed by atoms with van der Waals surface area (Å²) in [5.41, 5.74) is 0. The number of ether oxygens (including phenoxy) is 1. The van der Waals surface area contributed by atoms with Gasteiger partial charge >= 0.3 is 0 Å². The van der Waals surface area contributed by atoms with Crippen LogP contribution in [0.3, 0.4) is 0 Å². The fourth-order valence-electron chi connectivity index (χ4n) is 1.26. The first-order valence-corrected chi connectivity index (χ1v) is 6.09. The normalized spacial score (nSPS) is 13.1. The molecule has 0 fully saturated rings. The van der Waals surface area contributed by atoms with Crippen LogP contribution in [-0.2, 0) is 4.74 Å². The maximum Gasteiger partial charge on any atom is 0.0469 e. The van der Waals surface area contributed by atoms with Gasteiger partial charge in [-0.3, -0.25) is 0 Å². The molecule has 0 heterocycles. The highest BCUT2D eigenvalue weighted by molar-refractivity contribution is 4.56. The largest absolute Gasteiger partial charge is 0.381 e. The third kappa shape index (κ3) is 10.0. The van der Waals surface area contributed by atoms with Crippen LogP contribution in [-0.4, -0.2) is 26.3 Å². The molecule has 86 valence electrons. The van der Waals surface area contributed by atoms with E-state index >= 15 is 0 Å². The average molecular weight is 201 g/mol. The molecule has 2 nitrogen and oxygen atoms in total. The van der Waals surface area contributed by atoms with Crippen LogP contribution in [0.25, 0.3) is 0 Å². The van der Waals surface area contributed by atoms with Crippen molar-refractivity contribution < 1.29 is 4.74 Å². The van der Waals surface area contributed by atoms with E-state index in [4.69, 9.17) is 4.74 Å². The average Bonchev–Trinajstić information content (AvgIpc) is 2.18. The molecule has 0 amide bonds. The molecule has 2 heteroatoms. The Labute approximate surface area is 89.4 Å². The quantitative estimate of drug-likeness (QED) is 0.549. The Bertz CT molecular complexity index is 106. The molecular formula is C12H27NO. The predicted octanol–water partition coefficient (Wildman–Crippen LogP) is 2.83. The van der Waals surface area contributed by atoms with Crippen LogP contribution >= 0.6 is 0 Å². The molecule has 0 saturated heterocycles. The third-order valence-electron chi connectivity index (χ3n) is 2.32. The molecule has 0 radical (unpaired) electrons. The van der Waals surface area contributed by atoms with Gasteiger partial charge in [-0.2, -0.15) is 0 Å². The van der Waals surface area contributed by atoms with E-state index in [9.17, 15) is 0 Å². The number of hydrogen-bond acceptors (Lipinski definition) is 2. The van der Waals surface area contributed by atoms with Gasteiger partial charge in [-0.05, 0) is 38.3 Å². The van der Waals surface area contributed by atoms with Crippen LogP contribution in [0.4, 0.5) is 0 Å². The summed E-state index contributed by atoms with van der Waals surface area (Å²) < 4.78 is 5.52. The summed E-state index contributed by atoms with van der Waals surface area (Å²) in [6.07, 6.45) is 4.83. The van der Waals surface area contributed by atoms with E-state index in [1.165, 1.54) is 25.7 Å². The molecule has 1 N–H and O–H groups in total. The first-order chi connectivity index (χ1) is 6.81. The number of unbranched alkanes of at least 4 members (excludes halogenated alkanes) is 1. The molecule has 0 aliphatic carbocycles. The minimum absolute atomic E-state index is 0.739. The van der Waals surface area contributed by atoms with E-state index in [1.807, 2.05) is 0 Å². The Morgan fingerprint density at radius 3 is 2.57 bits per heavy atom. The second-order valence-electron chi connectivity index (χ2n) is 4.06. The second kappa shape index (κ2) is 11.0. The monoisotopic (exact) mass is 201 g/mol. The van der Waals surface area contributed by atoms with Gasteiger partial charge in [-0.1, -0.05) is 27.2 Å². The molecule has 0 aromatic rings. The maximum atomic E-state index is 5.52. The molecule has 0 spiro atoms. The lowest BCUT2D eigenvalue weighted by Gasteiger charge is -2.12. The molecule has 14 heavy (non-hydrogen) atoms. The molecule has 1 unspecified atom stereocenters. The number of nitrogens with one attached hydrogen (secondary N) is 1. The van der Waals surface area contributed by atoms with E-state index in [1.54, 1.807) is 0 Å². The van der Waals surface area contributed by atoms with Crippen LogP contribution < -0.4 is 5.32 Å². The van der Waals surface area contributed by atoms with Gasteiger partial charge in [0.15, 0.2) is 0 Å². The van der Waals surface area contributed by atoms with Crippen LogP contribution in [0.5, 0.6) is 0 Å². The topological polar surface area (TPSA) is 21.3 Å². The zero-order chi connectivity index (χ0) is 10.6. The predicted molar refractivity (Wildman–Crippen MR) is 62.7 cm³/mol. The lowest BCUT2D eigenvalue weighted by molar-refractivity contribution is 0.119. The molecule has 0 aromatic carbocycles. The van der Waals surface area contributed by atoms with Crippen molar-refractivity contribution in [2.45, 2.75) is 46.5 Å². The Balaban J connectivity index is 3.06. The van der Waals surface area contributed by atoms with Gasteiger partial charge in [0.2, 0.25) is 0 Å². The standard InChI is InChI=1S/C12H27NO/c1-4-6-9-14-10-7-12(3)11-13-8-5-2/h12-13H,4-11H2,1-3H3. The summed E-state index contributed by atoms with van der Waals surface area (Å²) >= 11 is 0. The van der Waals surface area contributed by atoms with Gasteiger partial charge in [0.05, 0.1) is 0 Å². The molecule has 0 rings (SSSR count). The van der Waals surface area contributed by atoms with Crippen LogP contribution in [0, 0.1) is 5.92 Å². The van der Waals surface area contributed by atoms with E-state index < -0.39 is 0 Å². The lowest BCUT2D eigenvalue weighted by Crippen LogP contribution is -2.22. The molecule has 0 aliphatic rings. The van der Waals surface area contributed by atoms with Gasteiger partial charge < -0.3 is 10.1 Å². The zero-order valence-electron chi connectivity index (χ0n) is 10.1. The highest BCUT2D eigenvalue weighted by Crippen LogP contribution is 2.00. The highest BCUT2D eigenvalue weighted by Gasteiger charge is 2.00. The number of rotatable bonds is 10. The summed E-state index contributed by atoms with van der Waals surface area (Å²) in [5.74, 6) is 0.739. The van der Waals surface area contributed by atoms with Gasteiger partial charge in [-0.15, -0.1) is 0 Å². The summed E-state index contributed by atoms with van der Waals surface area (Å²) in [6, 6.07) is 0. The fourth-order valence-corrected chi connectivity index (χ4v) is 1.26. The third-order valence-corrected chi connectivity index (χ3v) is 2.32. The smallest absolute Gasteiger partial charge is 0.0469 e.